The van der Waals surface area contributed by atoms with Crippen LogP contribution in [0.25, 0.3) is 0 Å². The normalized spacial score (nSPS) is 10.8. The Bertz CT molecular complexity index is 389. The Morgan fingerprint density at radius 2 is 2.00 bits per heavy atom. The third kappa shape index (κ3) is 2.56. The van der Waals surface area contributed by atoms with Crippen LogP contribution in [0.1, 0.15) is 11.6 Å². The lowest BCUT2D eigenvalue weighted by atomic mass is 10.5. The fourth-order valence-electron chi connectivity index (χ4n) is 1.15. The first-order chi connectivity index (χ1) is 7.24. The summed E-state index contributed by atoms with van der Waals surface area (Å²) in [7, 11) is 3.57. The third-order valence-corrected chi connectivity index (χ3v) is 1.76. The van der Waals surface area contributed by atoms with E-state index >= 15 is 0 Å². The highest BCUT2D eigenvalue weighted by Gasteiger charge is 2.01. The van der Waals surface area contributed by atoms with Crippen LogP contribution >= 0.6 is 0 Å². The van der Waals surface area contributed by atoms with E-state index < -0.39 is 0 Å². The van der Waals surface area contributed by atoms with Gasteiger partial charge in [-0.05, 0) is 5.21 Å². The van der Waals surface area contributed by atoms with Crippen LogP contribution in [0.2, 0.25) is 0 Å². The summed E-state index contributed by atoms with van der Waals surface area (Å²) in [5, 5.41) is 18.9. The monoisotopic (exact) mass is 208 g/mol. The van der Waals surface area contributed by atoms with Gasteiger partial charge in [-0.2, -0.15) is 9.90 Å². The van der Waals surface area contributed by atoms with Crippen molar-refractivity contribution in [3.63, 3.8) is 0 Å². The number of rotatable bonds is 4. The van der Waals surface area contributed by atoms with Crippen LogP contribution in [0.15, 0.2) is 6.33 Å². The first kappa shape index (κ1) is 9.71. The maximum Gasteiger partial charge on any atom is 0.188 e. The molecule has 0 saturated carbocycles. The van der Waals surface area contributed by atoms with Crippen LogP contribution in [0, 0.1) is 0 Å². The molecule has 0 unspecified atom stereocenters. The van der Waals surface area contributed by atoms with Crippen molar-refractivity contribution in [3.05, 3.63) is 18.0 Å². The Morgan fingerprint density at radius 3 is 2.60 bits per heavy atom. The van der Waals surface area contributed by atoms with Crippen LogP contribution in [0.4, 0.5) is 0 Å². The molecule has 80 valence electrons. The van der Waals surface area contributed by atoms with E-state index in [0.717, 1.165) is 5.82 Å². The first-order valence-electron chi connectivity index (χ1n) is 4.52. The van der Waals surface area contributed by atoms with Gasteiger partial charge in [0.25, 0.3) is 0 Å². The molecule has 0 aliphatic carbocycles. The molecule has 0 atom stereocenters. The van der Waals surface area contributed by atoms with E-state index in [2.05, 4.69) is 30.8 Å². The highest BCUT2D eigenvalue weighted by atomic mass is 15.6. The zero-order valence-electron chi connectivity index (χ0n) is 8.62. The number of hydrogen-bond donors (Lipinski definition) is 1. The van der Waals surface area contributed by atoms with Crippen LogP contribution in [0.3, 0.4) is 0 Å². The molecular formula is C7H12N8. The second kappa shape index (κ2) is 4.13. The molecule has 1 N–H and O–H groups in total. The second-order valence-electron chi connectivity index (χ2n) is 3.13. The van der Waals surface area contributed by atoms with E-state index in [0.29, 0.717) is 18.9 Å². The van der Waals surface area contributed by atoms with Gasteiger partial charge in [-0.15, -0.1) is 10.2 Å². The van der Waals surface area contributed by atoms with Crippen molar-refractivity contribution in [2.45, 2.75) is 13.1 Å². The van der Waals surface area contributed by atoms with Gasteiger partial charge in [-0.1, -0.05) is 0 Å². The van der Waals surface area contributed by atoms with Crippen molar-refractivity contribution in [2.24, 2.45) is 14.1 Å². The van der Waals surface area contributed by atoms with Gasteiger partial charge < -0.3 is 5.32 Å². The highest BCUT2D eigenvalue weighted by molar-refractivity contribution is 4.82. The summed E-state index contributed by atoms with van der Waals surface area (Å²) < 4.78 is 1.66. The average Bonchev–Trinajstić information content (AvgIpc) is 2.76. The molecule has 2 aromatic heterocycles. The van der Waals surface area contributed by atoms with Crippen LogP contribution in [-0.4, -0.2) is 35.0 Å². The molecule has 2 aromatic rings. The summed E-state index contributed by atoms with van der Waals surface area (Å²) in [6, 6.07) is 0. The molecular weight excluding hydrogens is 196 g/mol. The molecule has 8 heteroatoms. The van der Waals surface area contributed by atoms with E-state index in [9.17, 15) is 0 Å². The van der Waals surface area contributed by atoms with Crippen molar-refractivity contribution < 1.29 is 0 Å². The first-order valence-corrected chi connectivity index (χ1v) is 4.52. The van der Waals surface area contributed by atoms with Crippen molar-refractivity contribution in [2.75, 3.05) is 0 Å². The summed E-state index contributed by atoms with van der Waals surface area (Å²) in [6.45, 7) is 1.16. The van der Waals surface area contributed by atoms with E-state index in [4.69, 9.17) is 0 Å². The summed E-state index contributed by atoms with van der Waals surface area (Å²) in [6.07, 6.45) is 1.66. The maximum absolute atomic E-state index is 4.13. The van der Waals surface area contributed by atoms with Gasteiger partial charge in [0.15, 0.2) is 11.6 Å². The molecule has 0 aliphatic heterocycles. The van der Waals surface area contributed by atoms with Gasteiger partial charge in [0, 0.05) is 7.05 Å². The number of hydrogen-bond acceptors (Lipinski definition) is 6. The van der Waals surface area contributed by atoms with Crippen molar-refractivity contribution in [1.29, 1.82) is 0 Å². The minimum atomic E-state index is 0.562. The zero-order chi connectivity index (χ0) is 10.7. The quantitative estimate of drug-likeness (QED) is 0.667. The molecule has 0 saturated heterocycles. The Morgan fingerprint density at radius 1 is 1.20 bits per heavy atom. The van der Waals surface area contributed by atoms with Crippen LogP contribution in [0.5, 0.6) is 0 Å². The van der Waals surface area contributed by atoms with Gasteiger partial charge in [0.05, 0.1) is 20.1 Å². The molecule has 0 fully saturated rings. The summed E-state index contributed by atoms with van der Waals surface area (Å²) in [5.74, 6) is 1.41. The van der Waals surface area contributed by atoms with Crippen LogP contribution in [-0.2, 0) is 27.2 Å². The number of aromatic nitrogens is 7. The fourth-order valence-corrected chi connectivity index (χ4v) is 1.15. The Labute approximate surface area is 86.3 Å². The third-order valence-electron chi connectivity index (χ3n) is 1.76. The number of nitrogens with one attached hydrogen (secondary N) is 1. The molecule has 0 aliphatic rings. The molecule has 15 heavy (non-hydrogen) atoms. The topological polar surface area (TPSA) is 86.3 Å². The fraction of sp³-hybridized carbons (Fsp3) is 0.571. The lowest BCUT2D eigenvalue weighted by molar-refractivity contribution is 0.611. The molecule has 0 amide bonds. The van der Waals surface area contributed by atoms with E-state index in [1.165, 1.54) is 4.80 Å². The smallest absolute Gasteiger partial charge is 0.188 e. The lowest BCUT2D eigenvalue weighted by Crippen LogP contribution is -2.15. The minimum absolute atomic E-state index is 0.562. The largest absolute Gasteiger partial charge is 0.303 e. The Hall–Kier alpha value is -1.83. The van der Waals surface area contributed by atoms with Gasteiger partial charge in [-0.25, -0.2) is 4.98 Å². The minimum Gasteiger partial charge on any atom is -0.303 e. The summed E-state index contributed by atoms with van der Waals surface area (Å²) in [5.41, 5.74) is 0. The molecule has 8 nitrogen and oxygen atoms in total. The van der Waals surface area contributed by atoms with Crippen molar-refractivity contribution in [1.82, 2.24) is 40.3 Å². The standard InChI is InChI=1S/C7H12N8/c1-14-5-9-6(11-14)3-8-4-7-10-13-15(2)12-7/h5,8H,3-4H2,1-2H3. The summed E-state index contributed by atoms with van der Waals surface area (Å²) in [4.78, 5) is 5.51. The second-order valence-corrected chi connectivity index (χ2v) is 3.13. The lowest BCUT2D eigenvalue weighted by Gasteiger charge is -1.96. The van der Waals surface area contributed by atoms with E-state index in [1.54, 1.807) is 18.1 Å². The maximum atomic E-state index is 4.13. The SMILES string of the molecule is Cn1cnc(CNCc2nnn(C)n2)n1. The highest BCUT2D eigenvalue weighted by Crippen LogP contribution is 1.89. The predicted molar refractivity (Wildman–Crippen MR) is 50.3 cm³/mol. The van der Waals surface area contributed by atoms with Gasteiger partial charge in [0.2, 0.25) is 0 Å². The molecule has 0 bridgehead atoms. The molecule has 0 radical (unpaired) electrons. The average molecular weight is 208 g/mol. The van der Waals surface area contributed by atoms with Gasteiger partial charge in [0.1, 0.15) is 6.33 Å². The Balaban J connectivity index is 1.80. The molecule has 0 spiro atoms. The van der Waals surface area contributed by atoms with E-state index in [-0.39, 0.29) is 0 Å². The number of nitrogens with zero attached hydrogens (tertiary/aromatic N) is 7. The van der Waals surface area contributed by atoms with Crippen LogP contribution < -0.4 is 5.32 Å². The van der Waals surface area contributed by atoms with E-state index in [1.807, 2.05) is 7.05 Å². The van der Waals surface area contributed by atoms with Crippen molar-refractivity contribution >= 4 is 0 Å². The zero-order valence-corrected chi connectivity index (χ0v) is 8.62. The van der Waals surface area contributed by atoms with Gasteiger partial charge in [-0.3, -0.25) is 4.68 Å². The van der Waals surface area contributed by atoms with Crippen molar-refractivity contribution in [3.8, 4) is 0 Å². The molecule has 2 heterocycles. The predicted octanol–water partition coefficient (Wildman–Crippen LogP) is -1.37. The molecule has 0 aromatic carbocycles. The summed E-state index contributed by atoms with van der Waals surface area (Å²) >= 11 is 0. The number of aryl methyl sites for hydroxylation is 2. The molecule has 2 rings (SSSR count). The Kier molecular flexibility index (Phi) is 2.68. The van der Waals surface area contributed by atoms with Gasteiger partial charge >= 0.3 is 0 Å². The number of tetrazole rings is 1.